The van der Waals surface area contributed by atoms with Gasteiger partial charge in [0.2, 0.25) is 5.91 Å². The van der Waals surface area contributed by atoms with Gasteiger partial charge in [-0.15, -0.1) is 0 Å². The molecule has 2 aliphatic rings. The summed E-state index contributed by atoms with van der Waals surface area (Å²) in [7, 11) is 3.33. The highest BCUT2D eigenvalue weighted by Gasteiger charge is 2.26. The maximum absolute atomic E-state index is 13.5. The van der Waals surface area contributed by atoms with E-state index in [1.54, 1.807) is 38.4 Å². The molecule has 0 spiro atoms. The van der Waals surface area contributed by atoms with Gasteiger partial charge in [-0.05, 0) is 24.6 Å². The van der Waals surface area contributed by atoms with Crippen LogP contribution in [0.4, 0.5) is 10.5 Å². The van der Waals surface area contributed by atoms with Gasteiger partial charge in [-0.3, -0.25) is 33.7 Å². The summed E-state index contributed by atoms with van der Waals surface area (Å²) in [4.78, 5) is 85.4. The monoisotopic (exact) mass is 1040 g/mol. The number of carbonyl (C=O) groups excluding carboxylic acids is 6. The number of aliphatic imine (C=N–C) groups is 1. The standard InChI is InChI=1S/C48H76N8O17/c1-4-12-56(47(61)40-34-38-5-6-39(46(60)54(2)3)35-41(38)53-42(49)36-40)73-15-11-52-48(62)51-10-14-64-17-19-66-21-23-68-25-27-70-29-31-72-33-32-71-30-28-69-26-24-67-22-20-65-18-16-63-13-9-50-43(57)37-55-44(58)7-8-45(55)59/h5-8,34-35H,4,9-33,36-37H2,1-3H3,(H2,49,53)(H,50,57)(H2,51,52,62). The summed E-state index contributed by atoms with van der Waals surface area (Å²) < 4.78 is 54.7. The quantitative estimate of drug-likeness (QED) is 0.0376. The summed E-state index contributed by atoms with van der Waals surface area (Å²) in [5, 5.41) is 9.25. The predicted octanol–water partition coefficient (Wildman–Crippen LogP) is -0.159. The van der Waals surface area contributed by atoms with E-state index in [0.29, 0.717) is 167 Å². The Hall–Kier alpha value is -5.45. The first-order valence-corrected chi connectivity index (χ1v) is 24.4. The average molecular weight is 1040 g/mol. The van der Waals surface area contributed by atoms with E-state index in [4.69, 9.17) is 57.9 Å². The zero-order valence-corrected chi connectivity index (χ0v) is 42.6. The van der Waals surface area contributed by atoms with Crippen LogP contribution in [0.5, 0.6) is 0 Å². The van der Waals surface area contributed by atoms with Crippen molar-refractivity contribution in [2.24, 2.45) is 10.7 Å². The van der Waals surface area contributed by atoms with Crippen molar-refractivity contribution in [1.82, 2.24) is 30.8 Å². The van der Waals surface area contributed by atoms with Crippen LogP contribution in [0, 0.1) is 0 Å². The van der Waals surface area contributed by atoms with E-state index in [2.05, 4.69) is 20.9 Å². The van der Waals surface area contributed by atoms with Crippen LogP contribution >= 0.6 is 0 Å². The number of hydrogen-bond donors (Lipinski definition) is 4. The second-order valence-electron chi connectivity index (χ2n) is 15.9. The third kappa shape index (κ3) is 28.0. The van der Waals surface area contributed by atoms with Crippen LogP contribution in [0.15, 0.2) is 40.9 Å². The van der Waals surface area contributed by atoms with Gasteiger partial charge in [0.05, 0.1) is 144 Å². The normalized spacial score (nSPS) is 13.1. The van der Waals surface area contributed by atoms with Gasteiger partial charge in [0.1, 0.15) is 12.4 Å². The van der Waals surface area contributed by atoms with E-state index >= 15 is 0 Å². The number of nitrogens with zero attached hydrogens (tertiary/aromatic N) is 4. The number of urea groups is 1. The molecular weight excluding hydrogens is 961 g/mol. The van der Waals surface area contributed by atoms with Crippen LogP contribution in [-0.4, -0.2) is 242 Å². The third-order valence-electron chi connectivity index (χ3n) is 9.86. The molecule has 73 heavy (non-hydrogen) atoms. The van der Waals surface area contributed by atoms with Crippen molar-refractivity contribution < 1.29 is 81.0 Å². The molecule has 0 aliphatic carbocycles. The fourth-order valence-corrected chi connectivity index (χ4v) is 6.26. The molecule has 0 unspecified atom stereocenters. The van der Waals surface area contributed by atoms with Crippen molar-refractivity contribution in [2.45, 2.75) is 19.8 Å². The molecule has 7 amide bonds. The van der Waals surface area contributed by atoms with Gasteiger partial charge in [-0.2, -0.15) is 0 Å². The number of fused-ring (bicyclic) bond motifs is 1. The number of hydrogen-bond acceptors (Lipinski definition) is 19. The summed E-state index contributed by atoms with van der Waals surface area (Å²) in [6.07, 6.45) is 4.72. The molecule has 2 heterocycles. The Morgan fingerprint density at radius 2 is 1.03 bits per heavy atom. The van der Waals surface area contributed by atoms with Gasteiger partial charge in [0.25, 0.3) is 23.6 Å². The highest BCUT2D eigenvalue weighted by atomic mass is 16.7. The fourth-order valence-electron chi connectivity index (χ4n) is 6.26. The lowest BCUT2D eigenvalue weighted by molar-refractivity contribution is -0.181. The third-order valence-corrected chi connectivity index (χ3v) is 9.86. The summed E-state index contributed by atoms with van der Waals surface area (Å²) >= 11 is 0. The van der Waals surface area contributed by atoms with Crippen molar-refractivity contribution in [1.29, 1.82) is 0 Å². The van der Waals surface area contributed by atoms with Crippen molar-refractivity contribution in [2.75, 3.05) is 186 Å². The van der Waals surface area contributed by atoms with Gasteiger partial charge >= 0.3 is 6.03 Å². The largest absolute Gasteiger partial charge is 0.387 e. The van der Waals surface area contributed by atoms with E-state index < -0.39 is 23.8 Å². The summed E-state index contributed by atoms with van der Waals surface area (Å²) in [6.45, 7) is 10.7. The second-order valence-corrected chi connectivity index (χ2v) is 15.9. The molecule has 0 radical (unpaired) electrons. The number of nitrogens with one attached hydrogen (secondary N) is 3. The lowest BCUT2D eigenvalue weighted by atomic mass is 10.0. The maximum atomic E-state index is 13.5. The number of imide groups is 1. The molecule has 1 aromatic rings. The first-order chi connectivity index (χ1) is 35.5. The molecule has 3 rings (SSSR count). The summed E-state index contributed by atoms with van der Waals surface area (Å²) in [5.74, 6) is -1.73. The number of benzene rings is 1. The van der Waals surface area contributed by atoms with Crippen LogP contribution in [0.2, 0.25) is 0 Å². The maximum Gasteiger partial charge on any atom is 0.314 e. The second kappa shape index (κ2) is 39.1. The molecule has 0 bridgehead atoms. The highest BCUT2D eigenvalue weighted by Crippen LogP contribution is 2.29. The molecule has 0 atom stereocenters. The Morgan fingerprint density at radius 1 is 0.603 bits per heavy atom. The number of nitrogens with two attached hydrogens (primary N) is 1. The smallest absolute Gasteiger partial charge is 0.314 e. The summed E-state index contributed by atoms with van der Waals surface area (Å²) in [5.41, 5.74) is 8.18. The summed E-state index contributed by atoms with van der Waals surface area (Å²) in [6, 6.07) is 4.68. The molecule has 0 fully saturated rings. The Kier molecular flexibility index (Phi) is 33.1. The Labute approximate surface area is 427 Å². The van der Waals surface area contributed by atoms with Gasteiger partial charge < -0.3 is 74.0 Å². The van der Waals surface area contributed by atoms with Gasteiger partial charge in [0, 0.05) is 75.5 Å². The number of rotatable bonds is 43. The molecule has 0 aromatic heterocycles. The van der Waals surface area contributed by atoms with Gasteiger partial charge in [0.15, 0.2) is 0 Å². The number of amidine groups is 1. The fraction of sp³-hybridized carbons (Fsp3) is 0.646. The van der Waals surface area contributed by atoms with Crippen LogP contribution in [0.1, 0.15) is 35.7 Å². The van der Waals surface area contributed by atoms with Crippen molar-refractivity contribution in [3.63, 3.8) is 0 Å². The highest BCUT2D eigenvalue weighted by molar-refractivity contribution is 6.14. The first-order valence-electron chi connectivity index (χ1n) is 24.4. The zero-order valence-electron chi connectivity index (χ0n) is 42.6. The molecule has 5 N–H and O–H groups in total. The van der Waals surface area contributed by atoms with Gasteiger partial charge in [-0.1, -0.05) is 13.0 Å². The van der Waals surface area contributed by atoms with Crippen LogP contribution in [0.25, 0.3) is 6.08 Å². The minimum Gasteiger partial charge on any atom is -0.387 e. The van der Waals surface area contributed by atoms with Gasteiger partial charge in [-0.25, -0.2) is 14.9 Å². The SMILES string of the molecule is CCCN(OCCNC(=O)NCCOCCOCCOCCOCCOCCOCCOCCOCCOCCOCCNC(=O)CN1C(=O)C=CC1=O)C(=O)C1=Cc2ccc(C(=O)N(C)C)cc2N=C(N)C1. The molecule has 0 saturated carbocycles. The Bertz CT molecular complexity index is 1880. The van der Waals surface area contributed by atoms with E-state index in [1.807, 2.05) is 6.92 Å². The molecule has 410 valence electrons. The van der Waals surface area contributed by atoms with Crippen LogP contribution in [-0.2, 0) is 71.4 Å². The van der Waals surface area contributed by atoms with E-state index in [-0.39, 0.29) is 56.9 Å². The lowest BCUT2D eigenvalue weighted by Crippen LogP contribution is -2.41. The van der Waals surface area contributed by atoms with Crippen LogP contribution < -0.4 is 21.7 Å². The average Bonchev–Trinajstić information content (AvgIpc) is 3.57. The number of ether oxygens (including phenoxy) is 10. The van der Waals surface area contributed by atoms with E-state index in [1.165, 1.54) is 9.96 Å². The molecule has 0 saturated heterocycles. The van der Waals surface area contributed by atoms with Crippen molar-refractivity contribution in [3.8, 4) is 0 Å². The lowest BCUT2D eigenvalue weighted by Gasteiger charge is -2.22. The molecule has 2 aliphatic heterocycles. The topological polar surface area (TPSA) is 288 Å². The van der Waals surface area contributed by atoms with Crippen LogP contribution in [0.3, 0.4) is 0 Å². The van der Waals surface area contributed by atoms with E-state index in [0.717, 1.165) is 17.1 Å². The Balaban J connectivity index is 0.997. The van der Waals surface area contributed by atoms with Crippen molar-refractivity contribution >= 4 is 53.2 Å². The molecule has 25 heteroatoms. The molecular formula is C48H76N8O17. The first kappa shape index (κ1) is 61.8. The minimum atomic E-state index is -0.501. The molecule has 1 aromatic carbocycles. The van der Waals surface area contributed by atoms with E-state index in [9.17, 15) is 28.8 Å². The van der Waals surface area contributed by atoms with Crippen molar-refractivity contribution in [3.05, 3.63) is 47.1 Å². The molecule has 25 nitrogen and oxygen atoms in total. The number of carbonyl (C=O) groups is 6. The number of amides is 7. The number of hydroxylamine groups is 2. The minimum absolute atomic E-state index is 0.0615. The Morgan fingerprint density at radius 3 is 1.47 bits per heavy atom. The zero-order chi connectivity index (χ0) is 52.7. The predicted molar refractivity (Wildman–Crippen MR) is 265 cm³/mol.